The van der Waals surface area contributed by atoms with Crippen LogP contribution in [0.15, 0.2) is 59.3 Å². The van der Waals surface area contributed by atoms with E-state index >= 15 is 0 Å². The van der Waals surface area contributed by atoms with Crippen LogP contribution in [-0.4, -0.2) is 31.0 Å². The van der Waals surface area contributed by atoms with Crippen molar-refractivity contribution in [2.75, 3.05) is 0 Å². The molecule has 4 aromatic rings. The Balaban J connectivity index is 1.44. The summed E-state index contributed by atoms with van der Waals surface area (Å²) in [6.45, 7) is 0.286. The Morgan fingerprint density at radius 2 is 1.89 bits per heavy atom. The van der Waals surface area contributed by atoms with Gasteiger partial charge in [0.05, 0.1) is 11.9 Å². The van der Waals surface area contributed by atoms with Crippen molar-refractivity contribution in [2.24, 2.45) is 0 Å². The largest absolute Gasteiger partial charge is 0.344 e. The van der Waals surface area contributed by atoms with Gasteiger partial charge in [-0.15, -0.1) is 5.10 Å². The van der Waals surface area contributed by atoms with E-state index in [1.165, 1.54) is 16.8 Å². The van der Waals surface area contributed by atoms with Gasteiger partial charge in [-0.05, 0) is 42.0 Å². The van der Waals surface area contributed by atoms with E-state index in [0.717, 1.165) is 5.56 Å². The Labute approximate surface area is 162 Å². The molecule has 28 heavy (non-hydrogen) atoms. The van der Waals surface area contributed by atoms with Gasteiger partial charge in [0.25, 0.3) is 0 Å². The number of hydrogen-bond acceptors (Lipinski definition) is 6. The first kappa shape index (κ1) is 17.8. The first-order valence-electron chi connectivity index (χ1n) is 8.13. The summed E-state index contributed by atoms with van der Waals surface area (Å²) in [5, 5.41) is 14.9. The van der Waals surface area contributed by atoms with Crippen molar-refractivity contribution in [1.82, 2.24) is 30.5 Å². The van der Waals surface area contributed by atoms with Gasteiger partial charge in [-0.1, -0.05) is 34.1 Å². The number of carbonyl (C=O) groups excluding carboxylic acids is 1. The second-order valence-electron chi connectivity index (χ2n) is 5.76. The SMILES string of the molecule is O=C(NCc1ccc(Cl)cc1)c1nc(-c2cn(-c3ccc(F)cc3)nn2)no1. The molecule has 0 unspecified atom stereocenters. The third-order valence-electron chi connectivity index (χ3n) is 3.80. The number of hydrogen-bond donors (Lipinski definition) is 1. The molecule has 2 aromatic carbocycles. The highest BCUT2D eigenvalue weighted by atomic mass is 35.5. The highest BCUT2D eigenvalue weighted by Crippen LogP contribution is 2.15. The maximum Gasteiger partial charge on any atom is 0.316 e. The van der Waals surface area contributed by atoms with Crippen LogP contribution in [0.4, 0.5) is 4.39 Å². The van der Waals surface area contributed by atoms with Crippen LogP contribution < -0.4 is 5.32 Å². The van der Waals surface area contributed by atoms with Crippen LogP contribution in [0.2, 0.25) is 5.02 Å². The molecule has 0 spiro atoms. The molecule has 2 heterocycles. The molecule has 0 saturated heterocycles. The van der Waals surface area contributed by atoms with E-state index < -0.39 is 5.91 Å². The Morgan fingerprint density at radius 1 is 1.14 bits per heavy atom. The van der Waals surface area contributed by atoms with Crippen LogP contribution >= 0.6 is 11.6 Å². The minimum Gasteiger partial charge on any atom is -0.344 e. The maximum atomic E-state index is 13.0. The first-order valence-corrected chi connectivity index (χ1v) is 8.51. The van der Waals surface area contributed by atoms with E-state index in [2.05, 4.69) is 25.8 Å². The number of halogens is 2. The summed E-state index contributed by atoms with van der Waals surface area (Å²) in [4.78, 5) is 16.2. The average molecular weight is 399 g/mol. The van der Waals surface area contributed by atoms with Crippen LogP contribution in [0.5, 0.6) is 0 Å². The van der Waals surface area contributed by atoms with Crippen molar-refractivity contribution in [1.29, 1.82) is 0 Å². The molecule has 0 aliphatic heterocycles. The normalized spacial score (nSPS) is 10.8. The summed E-state index contributed by atoms with van der Waals surface area (Å²) >= 11 is 5.83. The molecule has 0 radical (unpaired) electrons. The number of nitrogens with one attached hydrogen (secondary N) is 1. The highest BCUT2D eigenvalue weighted by Gasteiger charge is 2.18. The number of benzene rings is 2. The third-order valence-corrected chi connectivity index (χ3v) is 4.05. The molecule has 0 bridgehead atoms. The van der Waals surface area contributed by atoms with E-state index in [1.54, 1.807) is 42.6 Å². The molecule has 2 aromatic heterocycles. The summed E-state index contributed by atoms with van der Waals surface area (Å²) in [5.41, 5.74) is 1.80. The molecule has 0 aliphatic carbocycles. The number of amides is 1. The quantitative estimate of drug-likeness (QED) is 0.554. The van der Waals surface area contributed by atoms with E-state index in [-0.39, 0.29) is 24.1 Å². The van der Waals surface area contributed by atoms with E-state index in [4.69, 9.17) is 16.1 Å². The summed E-state index contributed by atoms with van der Waals surface area (Å²) < 4.78 is 19.5. The van der Waals surface area contributed by atoms with E-state index in [0.29, 0.717) is 16.4 Å². The van der Waals surface area contributed by atoms with Gasteiger partial charge in [0, 0.05) is 11.6 Å². The zero-order chi connectivity index (χ0) is 19.5. The van der Waals surface area contributed by atoms with Crippen molar-refractivity contribution in [3.63, 3.8) is 0 Å². The van der Waals surface area contributed by atoms with E-state index in [9.17, 15) is 9.18 Å². The van der Waals surface area contributed by atoms with Crippen LogP contribution in [0, 0.1) is 5.82 Å². The molecule has 4 rings (SSSR count). The van der Waals surface area contributed by atoms with Crippen LogP contribution in [0.3, 0.4) is 0 Å². The van der Waals surface area contributed by atoms with Gasteiger partial charge in [0.1, 0.15) is 5.82 Å². The predicted molar refractivity (Wildman–Crippen MR) is 97.2 cm³/mol. The predicted octanol–water partition coefficient (Wildman–Crippen LogP) is 3.04. The monoisotopic (exact) mass is 398 g/mol. The third kappa shape index (κ3) is 3.89. The second kappa shape index (κ2) is 7.57. The molecule has 1 N–H and O–H groups in total. The minimum absolute atomic E-state index is 0.116. The van der Waals surface area contributed by atoms with Gasteiger partial charge in [-0.3, -0.25) is 4.79 Å². The van der Waals surface area contributed by atoms with Gasteiger partial charge in [-0.25, -0.2) is 9.07 Å². The molecule has 1 amide bonds. The average Bonchev–Trinajstić information content (AvgIpc) is 3.37. The fraction of sp³-hybridized carbons (Fsp3) is 0.0556. The standard InChI is InChI=1S/C18H12ClFN6O2/c19-12-3-1-11(2-4-12)9-21-17(27)18-22-16(24-28-18)15-10-26(25-23-15)14-7-5-13(20)6-8-14/h1-8,10H,9H2,(H,21,27). The maximum absolute atomic E-state index is 13.0. The molecule has 10 heteroatoms. The first-order chi connectivity index (χ1) is 13.6. The Bertz CT molecular complexity index is 1110. The van der Waals surface area contributed by atoms with Crippen molar-refractivity contribution in [2.45, 2.75) is 6.54 Å². The topological polar surface area (TPSA) is 98.7 Å². The zero-order valence-electron chi connectivity index (χ0n) is 14.2. The number of rotatable bonds is 5. The Morgan fingerprint density at radius 3 is 2.64 bits per heavy atom. The minimum atomic E-state index is -0.514. The lowest BCUT2D eigenvalue weighted by Crippen LogP contribution is -2.23. The molecule has 8 nitrogen and oxygen atoms in total. The molecule has 0 saturated carbocycles. The van der Waals surface area contributed by atoms with Crippen molar-refractivity contribution >= 4 is 17.5 Å². The number of carbonyl (C=O) groups is 1. The van der Waals surface area contributed by atoms with E-state index in [1.807, 2.05) is 0 Å². The van der Waals surface area contributed by atoms with Crippen molar-refractivity contribution < 1.29 is 13.7 Å². The smallest absolute Gasteiger partial charge is 0.316 e. The van der Waals surface area contributed by atoms with Gasteiger partial charge >= 0.3 is 11.8 Å². The summed E-state index contributed by atoms with van der Waals surface area (Å²) in [5.74, 6) is -0.943. The van der Waals surface area contributed by atoms with Gasteiger partial charge < -0.3 is 9.84 Å². The molecule has 0 fully saturated rings. The molecular formula is C18H12ClFN6O2. The van der Waals surface area contributed by atoms with Crippen molar-refractivity contribution in [3.05, 3.63) is 77.0 Å². The molecular weight excluding hydrogens is 387 g/mol. The number of nitrogens with zero attached hydrogens (tertiary/aromatic N) is 5. The van der Waals surface area contributed by atoms with Crippen LogP contribution in [0.25, 0.3) is 17.2 Å². The zero-order valence-corrected chi connectivity index (χ0v) is 15.0. The van der Waals surface area contributed by atoms with Gasteiger partial charge in [0.15, 0.2) is 5.69 Å². The van der Waals surface area contributed by atoms with Crippen LogP contribution in [0.1, 0.15) is 16.2 Å². The Kier molecular flexibility index (Phi) is 4.81. The lowest BCUT2D eigenvalue weighted by Gasteiger charge is -2.02. The summed E-state index contributed by atoms with van der Waals surface area (Å²) in [6.07, 6.45) is 1.55. The Hall–Kier alpha value is -3.59. The molecule has 140 valence electrons. The molecule has 0 aliphatic rings. The van der Waals surface area contributed by atoms with Gasteiger partial charge in [-0.2, -0.15) is 4.98 Å². The fourth-order valence-electron chi connectivity index (χ4n) is 2.37. The summed E-state index contributed by atoms with van der Waals surface area (Å²) in [6, 6.07) is 12.8. The molecule has 0 atom stereocenters. The second-order valence-corrected chi connectivity index (χ2v) is 6.19. The lowest BCUT2D eigenvalue weighted by atomic mass is 10.2. The highest BCUT2D eigenvalue weighted by molar-refractivity contribution is 6.30. The lowest BCUT2D eigenvalue weighted by molar-refractivity contribution is 0.0907. The van der Waals surface area contributed by atoms with Crippen molar-refractivity contribution in [3.8, 4) is 17.2 Å². The fourth-order valence-corrected chi connectivity index (χ4v) is 2.49. The number of aromatic nitrogens is 5. The van der Waals surface area contributed by atoms with Gasteiger partial charge in [0.2, 0.25) is 5.82 Å². The summed E-state index contributed by atoms with van der Waals surface area (Å²) in [7, 11) is 0. The van der Waals surface area contributed by atoms with Crippen LogP contribution in [-0.2, 0) is 6.54 Å².